The molecule has 0 saturated heterocycles. The fourth-order valence-electron chi connectivity index (χ4n) is 7.77. The highest BCUT2D eigenvalue weighted by molar-refractivity contribution is 7.87. The van der Waals surface area contributed by atoms with Crippen LogP contribution in [0.2, 0.25) is 0 Å². The second kappa shape index (κ2) is 21.5. The number of aromatic hydroxyl groups is 3. The minimum Gasteiger partial charge on any atom is -0.505 e. The van der Waals surface area contributed by atoms with Crippen LogP contribution in [0.5, 0.6) is 23.0 Å². The molecule has 0 bridgehead atoms. The average molecular weight is 1300 g/mol. The zero-order valence-electron chi connectivity index (χ0n) is 40.8. The summed E-state index contributed by atoms with van der Waals surface area (Å²) in [6, 6.07) is 13.0. The largest absolute Gasteiger partial charge is 0.505 e. The summed E-state index contributed by atoms with van der Waals surface area (Å²) in [4.78, 5) is -7.82. The van der Waals surface area contributed by atoms with Gasteiger partial charge in [0.2, 0.25) is 0 Å². The molecular weight excluding hydrogens is 1270 g/mol. The summed E-state index contributed by atoms with van der Waals surface area (Å²) in [6.07, 6.45) is 0. The van der Waals surface area contributed by atoms with Crippen LogP contribution in [0.25, 0.3) is 32.3 Å². The van der Waals surface area contributed by atoms with Crippen molar-refractivity contribution in [1.82, 2.24) is 0 Å². The van der Waals surface area contributed by atoms with E-state index in [1.807, 2.05) is 0 Å². The molecule has 0 heterocycles. The number of azo groups is 4. The van der Waals surface area contributed by atoms with E-state index < -0.39 is 184 Å². The monoisotopic (exact) mass is 1300 g/mol. The zero-order chi connectivity index (χ0) is 62.2. The van der Waals surface area contributed by atoms with Crippen LogP contribution in [0.15, 0.2) is 172 Å². The van der Waals surface area contributed by atoms with E-state index in [2.05, 4.69) is 40.9 Å². The molecule has 8 aromatic carbocycles. The van der Waals surface area contributed by atoms with Crippen molar-refractivity contribution in [3.8, 4) is 23.0 Å². The standard InChI is InChI=1S/C43H31N9O25S7/c1-77-23-5-8-27(30(16-23)80(62,63)64)47-51-38-33(83(71,72)73)12-19-10-21(4-7-25(19)41(38)53)45-49-37-31(81(65,66)67)13-20-14-34(84(74,75)76)40(43(55)35(20)36(37)44)50-46-22-3-2-18-11-32(82(68,69)70)39(42(54)26(18)15-22)52-48-28-17-24(78(56,57)58)6-9-29(28)79(59,60)61/h2-17,53-55H,44H2,1H3,(H,56,57,58)(H,59,60,61)(H,62,63,64)(H,65,66,67)(H,68,69,70)(H,71,72,73)(H,74,75,76). The summed E-state index contributed by atoms with van der Waals surface area (Å²) in [5, 5.41) is 61.0. The number of anilines is 1. The number of ether oxygens (including phenoxy) is 1. The molecule has 41 heteroatoms. The SMILES string of the molecule is COc1ccc(N=Nc2c(S(=O)(=O)O)cc3cc(N=Nc4c(S(=O)(=O)O)cc5cc(S(=O)(=O)O)c(N=Nc6ccc7cc(S(=O)(=O)O)c(N=Nc8cc(S(=O)(=O)O)ccc8S(=O)(=O)O)c(O)c7c6)c(O)c5c4N)ccc3c2O)c(S(=O)(=O)O)c1. The number of hydrogen-bond donors (Lipinski definition) is 11. The molecule has 0 fully saturated rings. The van der Waals surface area contributed by atoms with Gasteiger partial charge in [-0.25, -0.2) is 0 Å². The van der Waals surface area contributed by atoms with Gasteiger partial charge in [-0.3, -0.25) is 31.9 Å². The molecule has 0 aliphatic carbocycles. The van der Waals surface area contributed by atoms with Crippen molar-refractivity contribution >= 4 is 154 Å². The van der Waals surface area contributed by atoms with Crippen LogP contribution in [0.3, 0.4) is 0 Å². The third-order valence-corrected chi connectivity index (χ3v) is 17.6. The number of phenols is 3. The van der Waals surface area contributed by atoms with E-state index in [1.165, 1.54) is 13.2 Å². The molecule has 0 unspecified atom stereocenters. The highest BCUT2D eigenvalue weighted by atomic mass is 32.2. The molecule has 34 nitrogen and oxygen atoms in total. The molecule has 12 N–H and O–H groups in total. The summed E-state index contributed by atoms with van der Waals surface area (Å²) < 4.78 is 248. The van der Waals surface area contributed by atoms with E-state index in [0.717, 1.165) is 54.6 Å². The lowest BCUT2D eigenvalue weighted by Gasteiger charge is -2.14. The van der Waals surface area contributed by atoms with Crippen LogP contribution in [-0.2, 0) is 70.8 Å². The summed E-state index contributed by atoms with van der Waals surface area (Å²) >= 11 is 0. The average Bonchev–Trinajstić information content (AvgIpc) is 1.28. The molecule has 0 aliphatic heterocycles. The number of phenolic OH excluding ortho intramolecular Hbond substituents is 3. The van der Waals surface area contributed by atoms with Crippen molar-refractivity contribution in [3.05, 3.63) is 97.1 Å². The number of hydrogen-bond acceptors (Lipinski definition) is 27. The minimum absolute atomic E-state index is 0.0564. The van der Waals surface area contributed by atoms with Crippen molar-refractivity contribution < 1.29 is 111 Å². The number of rotatable bonds is 16. The number of nitrogens with two attached hydrogens (primary N) is 1. The lowest BCUT2D eigenvalue weighted by molar-refractivity contribution is 0.412. The van der Waals surface area contributed by atoms with Crippen molar-refractivity contribution in [3.63, 3.8) is 0 Å². The Balaban J connectivity index is 1.23. The Hall–Kier alpha value is -8.69. The van der Waals surface area contributed by atoms with E-state index in [-0.39, 0.29) is 27.6 Å². The van der Waals surface area contributed by atoms with Gasteiger partial charge >= 0.3 is 0 Å². The van der Waals surface area contributed by atoms with E-state index >= 15 is 0 Å². The highest BCUT2D eigenvalue weighted by Crippen LogP contribution is 2.50. The van der Waals surface area contributed by atoms with Crippen LogP contribution in [0.4, 0.5) is 51.2 Å². The van der Waals surface area contributed by atoms with Gasteiger partial charge in [-0.2, -0.15) is 69.2 Å². The molecule has 440 valence electrons. The van der Waals surface area contributed by atoms with Crippen LogP contribution in [0.1, 0.15) is 0 Å². The molecule has 8 rings (SSSR count). The Morgan fingerprint density at radius 2 is 0.798 bits per heavy atom. The molecule has 0 aromatic heterocycles. The highest BCUT2D eigenvalue weighted by Gasteiger charge is 2.30. The van der Waals surface area contributed by atoms with Gasteiger partial charge in [-0.15, -0.1) is 30.7 Å². The molecule has 0 atom stereocenters. The molecular formula is C43H31N9O25S7. The van der Waals surface area contributed by atoms with Gasteiger partial charge in [-0.05, 0) is 101 Å². The number of benzene rings is 8. The number of methoxy groups -OCH3 is 1. The summed E-state index contributed by atoms with van der Waals surface area (Å²) in [5.74, 6) is -3.53. The zero-order valence-corrected chi connectivity index (χ0v) is 46.6. The van der Waals surface area contributed by atoms with Crippen LogP contribution in [0, 0.1) is 0 Å². The van der Waals surface area contributed by atoms with Gasteiger partial charge in [-0.1, -0.05) is 6.07 Å². The Kier molecular flexibility index (Phi) is 15.7. The predicted molar refractivity (Wildman–Crippen MR) is 286 cm³/mol. The third kappa shape index (κ3) is 12.5. The predicted octanol–water partition coefficient (Wildman–Crippen LogP) is 8.24. The summed E-state index contributed by atoms with van der Waals surface area (Å²) in [6.45, 7) is 0. The second-order valence-corrected chi connectivity index (χ2v) is 26.6. The maximum atomic E-state index is 12.8. The second-order valence-electron chi connectivity index (χ2n) is 16.9. The van der Waals surface area contributed by atoms with Crippen molar-refractivity contribution in [2.75, 3.05) is 12.8 Å². The molecule has 0 amide bonds. The van der Waals surface area contributed by atoms with Crippen molar-refractivity contribution in [1.29, 1.82) is 0 Å². The maximum absolute atomic E-state index is 12.8. The van der Waals surface area contributed by atoms with E-state index in [4.69, 9.17) is 10.5 Å². The van der Waals surface area contributed by atoms with Gasteiger partial charge in [0.1, 0.15) is 69.2 Å². The molecule has 8 aromatic rings. The maximum Gasteiger partial charge on any atom is 0.296 e. The first kappa shape index (κ1) is 61.4. The van der Waals surface area contributed by atoms with E-state index in [1.54, 1.807) is 0 Å². The van der Waals surface area contributed by atoms with Gasteiger partial charge in [0, 0.05) is 16.8 Å². The van der Waals surface area contributed by atoms with Gasteiger partial charge in [0.15, 0.2) is 17.2 Å². The fraction of sp³-hybridized carbons (Fsp3) is 0.0233. The number of fused-ring (bicyclic) bond motifs is 3. The Bertz CT molecular complexity index is 5200. The normalized spacial score (nSPS) is 13.4. The molecule has 0 radical (unpaired) electrons. The topological polar surface area (TPSA) is 575 Å². The number of nitrogens with zero attached hydrogens (tertiary/aromatic N) is 8. The van der Waals surface area contributed by atoms with Crippen LogP contribution < -0.4 is 10.5 Å². The number of nitrogen functional groups attached to an aromatic ring is 1. The van der Waals surface area contributed by atoms with E-state index in [0.29, 0.717) is 36.4 Å². The van der Waals surface area contributed by atoms with Crippen molar-refractivity contribution in [2.45, 2.75) is 34.3 Å². The Morgan fingerprint density at radius 1 is 0.357 bits per heavy atom. The smallest absolute Gasteiger partial charge is 0.296 e. The first-order valence-corrected chi connectivity index (χ1v) is 31.8. The molecule has 0 aliphatic rings. The van der Waals surface area contributed by atoms with Gasteiger partial charge in [0.05, 0.1) is 34.5 Å². The van der Waals surface area contributed by atoms with Crippen LogP contribution in [-0.4, -0.2) is 113 Å². The van der Waals surface area contributed by atoms with Gasteiger partial charge in [0.25, 0.3) is 70.8 Å². The van der Waals surface area contributed by atoms with E-state index in [9.17, 15) is 106 Å². The molecule has 84 heavy (non-hydrogen) atoms. The minimum atomic E-state index is -5.52. The first-order valence-electron chi connectivity index (χ1n) is 21.7. The first-order chi connectivity index (χ1) is 38.7. The Morgan fingerprint density at radius 3 is 1.32 bits per heavy atom. The van der Waals surface area contributed by atoms with Crippen LogP contribution >= 0.6 is 0 Å². The van der Waals surface area contributed by atoms with Crippen molar-refractivity contribution in [2.24, 2.45) is 40.9 Å². The third-order valence-electron chi connectivity index (χ3n) is 11.5. The summed E-state index contributed by atoms with van der Waals surface area (Å²) in [7, 11) is -35.8. The lowest BCUT2D eigenvalue weighted by atomic mass is 10.0. The molecule has 0 saturated carbocycles. The lowest BCUT2D eigenvalue weighted by Crippen LogP contribution is -2.03. The molecule has 0 spiro atoms. The summed E-state index contributed by atoms with van der Waals surface area (Å²) in [5.41, 5.74) is -1.21. The Labute approximate surface area is 470 Å². The van der Waals surface area contributed by atoms with Gasteiger partial charge < -0.3 is 25.8 Å². The quantitative estimate of drug-likeness (QED) is 0.0246. The fourth-order valence-corrected chi connectivity index (χ4v) is 12.2.